The Morgan fingerprint density at radius 2 is 1.90 bits per heavy atom. The van der Waals surface area contributed by atoms with E-state index in [2.05, 4.69) is 25.5 Å². The van der Waals surface area contributed by atoms with Crippen LogP contribution in [0.1, 0.15) is 17.0 Å². The van der Waals surface area contributed by atoms with Crippen LogP contribution < -0.4 is 15.5 Å². The van der Waals surface area contributed by atoms with Crippen LogP contribution in [-0.2, 0) is 27.4 Å². The van der Waals surface area contributed by atoms with Crippen LogP contribution in [0.2, 0.25) is 0 Å². The number of nitrogens with one attached hydrogen (secondary N) is 2. The van der Waals surface area contributed by atoms with E-state index in [1.165, 1.54) is 0 Å². The highest BCUT2D eigenvalue weighted by molar-refractivity contribution is 5.82. The minimum Gasteiger partial charge on any atom is -0.445 e. The third kappa shape index (κ3) is 6.72. The molecular weight excluding hydrogens is 374 g/mol. The van der Waals surface area contributed by atoms with Gasteiger partial charge in [-0.1, -0.05) is 30.3 Å². The van der Waals surface area contributed by atoms with Crippen molar-refractivity contribution < 1.29 is 19.1 Å². The molecule has 0 radical (unpaired) electrons. The molecule has 0 bridgehead atoms. The van der Waals surface area contributed by atoms with E-state index in [9.17, 15) is 9.59 Å². The van der Waals surface area contributed by atoms with Crippen LogP contribution in [0.5, 0.6) is 0 Å². The maximum atomic E-state index is 12.0. The Balaban J connectivity index is 1.42. The lowest BCUT2D eigenvalue weighted by Gasteiger charge is -2.27. The molecule has 29 heavy (non-hydrogen) atoms. The molecule has 0 atom stereocenters. The summed E-state index contributed by atoms with van der Waals surface area (Å²) in [4.78, 5) is 34.8. The Hall–Kier alpha value is -3.20. The summed E-state index contributed by atoms with van der Waals surface area (Å²) < 4.78 is 10.4. The average molecular weight is 399 g/mol. The van der Waals surface area contributed by atoms with Crippen LogP contribution in [0.15, 0.2) is 36.4 Å². The number of hydrogen-bond donors (Lipinski definition) is 2. The van der Waals surface area contributed by atoms with Crippen molar-refractivity contribution >= 4 is 17.9 Å². The third-order valence-electron chi connectivity index (χ3n) is 4.26. The van der Waals surface area contributed by atoms with Crippen LogP contribution in [-0.4, -0.2) is 54.8 Å². The van der Waals surface area contributed by atoms with Crippen molar-refractivity contribution in [1.29, 1.82) is 0 Å². The Morgan fingerprint density at radius 1 is 1.14 bits per heavy atom. The largest absolute Gasteiger partial charge is 0.445 e. The Kier molecular flexibility index (Phi) is 7.34. The number of benzene rings is 1. The van der Waals surface area contributed by atoms with Gasteiger partial charge in [-0.25, -0.2) is 14.8 Å². The van der Waals surface area contributed by atoms with E-state index in [1.807, 2.05) is 43.3 Å². The molecule has 0 aliphatic carbocycles. The predicted octanol–water partition coefficient (Wildman–Crippen LogP) is 1.16. The molecule has 2 N–H and O–H groups in total. The van der Waals surface area contributed by atoms with Crippen LogP contribution in [0, 0.1) is 6.92 Å². The van der Waals surface area contributed by atoms with Crippen molar-refractivity contribution in [2.24, 2.45) is 0 Å². The van der Waals surface area contributed by atoms with Gasteiger partial charge in [0.15, 0.2) is 0 Å². The van der Waals surface area contributed by atoms with Crippen LogP contribution in [0.3, 0.4) is 0 Å². The summed E-state index contributed by atoms with van der Waals surface area (Å²) in [5.74, 6) is 0.311. The second-order valence-corrected chi connectivity index (χ2v) is 6.59. The monoisotopic (exact) mass is 399 g/mol. The number of ether oxygens (including phenoxy) is 2. The SMILES string of the molecule is Cc1cc(CNC(=O)CNC(=O)OCc2ccccc2)nc(N2CCOCC2)n1. The highest BCUT2D eigenvalue weighted by Gasteiger charge is 2.15. The van der Waals surface area contributed by atoms with E-state index < -0.39 is 6.09 Å². The number of carbonyl (C=O) groups excluding carboxylic acids is 2. The van der Waals surface area contributed by atoms with Crippen molar-refractivity contribution in [3.63, 3.8) is 0 Å². The number of aromatic nitrogens is 2. The van der Waals surface area contributed by atoms with Gasteiger partial charge in [0.1, 0.15) is 13.2 Å². The molecule has 2 aromatic rings. The molecule has 1 aliphatic rings. The van der Waals surface area contributed by atoms with Crippen molar-refractivity contribution in [3.8, 4) is 0 Å². The molecule has 9 heteroatoms. The minimum absolute atomic E-state index is 0.152. The standard InChI is InChI=1S/C20H25N5O4/c1-15-11-17(24-19(23-15)25-7-9-28-10-8-25)12-21-18(26)13-22-20(27)29-14-16-5-3-2-4-6-16/h2-6,11H,7-10,12-14H2,1H3,(H,21,26)(H,22,27). The van der Waals surface area contributed by atoms with Crippen molar-refractivity contribution in [2.75, 3.05) is 37.7 Å². The van der Waals surface area contributed by atoms with Crippen LogP contribution >= 0.6 is 0 Å². The molecule has 1 aliphatic heterocycles. The average Bonchev–Trinajstić information content (AvgIpc) is 2.76. The summed E-state index contributed by atoms with van der Waals surface area (Å²) >= 11 is 0. The first-order valence-corrected chi connectivity index (χ1v) is 9.48. The summed E-state index contributed by atoms with van der Waals surface area (Å²) in [6.45, 7) is 4.90. The zero-order valence-electron chi connectivity index (χ0n) is 16.4. The smallest absolute Gasteiger partial charge is 0.407 e. The fourth-order valence-electron chi connectivity index (χ4n) is 2.79. The first-order valence-electron chi connectivity index (χ1n) is 9.48. The first-order chi connectivity index (χ1) is 14.1. The number of alkyl carbamates (subject to hydrolysis) is 1. The Bertz CT molecular complexity index is 825. The maximum Gasteiger partial charge on any atom is 0.407 e. The van der Waals surface area contributed by atoms with Crippen LogP contribution in [0.4, 0.5) is 10.7 Å². The molecule has 0 unspecified atom stereocenters. The zero-order chi connectivity index (χ0) is 20.5. The molecule has 0 saturated carbocycles. The Morgan fingerprint density at radius 3 is 2.66 bits per heavy atom. The summed E-state index contributed by atoms with van der Waals surface area (Å²) in [7, 11) is 0. The van der Waals surface area contributed by atoms with E-state index in [1.54, 1.807) is 0 Å². The molecule has 2 amide bonds. The number of nitrogens with zero attached hydrogens (tertiary/aromatic N) is 3. The number of morpholine rings is 1. The minimum atomic E-state index is -0.642. The fourth-order valence-corrected chi connectivity index (χ4v) is 2.79. The third-order valence-corrected chi connectivity index (χ3v) is 4.26. The number of anilines is 1. The van der Waals surface area contributed by atoms with Gasteiger partial charge in [-0.05, 0) is 18.6 Å². The lowest BCUT2D eigenvalue weighted by molar-refractivity contribution is -0.120. The normalized spacial score (nSPS) is 13.6. The van der Waals surface area contributed by atoms with Gasteiger partial charge in [0, 0.05) is 18.8 Å². The molecule has 2 heterocycles. The van der Waals surface area contributed by atoms with Crippen LogP contribution in [0.25, 0.3) is 0 Å². The topological polar surface area (TPSA) is 106 Å². The molecule has 1 aromatic carbocycles. The number of aryl methyl sites for hydroxylation is 1. The molecule has 9 nitrogen and oxygen atoms in total. The molecule has 3 rings (SSSR count). The van der Waals surface area contributed by atoms with Crippen molar-refractivity contribution in [3.05, 3.63) is 53.3 Å². The van der Waals surface area contributed by atoms with Gasteiger partial charge in [0.2, 0.25) is 11.9 Å². The second-order valence-electron chi connectivity index (χ2n) is 6.59. The highest BCUT2D eigenvalue weighted by atomic mass is 16.5. The zero-order valence-corrected chi connectivity index (χ0v) is 16.4. The lowest BCUT2D eigenvalue weighted by Crippen LogP contribution is -2.38. The summed E-state index contributed by atoms with van der Waals surface area (Å²) in [6, 6.07) is 11.2. The van der Waals surface area contributed by atoms with Crippen molar-refractivity contribution in [2.45, 2.75) is 20.1 Å². The lowest BCUT2D eigenvalue weighted by atomic mass is 10.2. The predicted molar refractivity (Wildman–Crippen MR) is 106 cm³/mol. The van der Waals surface area contributed by atoms with Gasteiger partial charge in [-0.2, -0.15) is 0 Å². The number of amides is 2. The van der Waals surface area contributed by atoms with Gasteiger partial charge in [0.05, 0.1) is 25.5 Å². The van der Waals surface area contributed by atoms with E-state index in [4.69, 9.17) is 9.47 Å². The summed E-state index contributed by atoms with van der Waals surface area (Å²) in [5, 5.41) is 5.18. The first kappa shape index (κ1) is 20.5. The molecule has 154 valence electrons. The molecule has 1 fully saturated rings. The van der Waals surface area contributed by atoms with E-state index in [-0.39, 0.29) is 25.6 Å². The number of rotatable bonds is 7. The van der Waals surface area contributed by atoms with Crippen molar-refractivity contribution in [1.82, 2.24) is 20.6 Å². The number of carbonyl (C=O) groups is 2. The van der Waals surface area contributed by atoms with Gasteiger partial charge in [0.25, 0.3) is 0 Å². The molecule has 0 spiro atoms. The van der Waals surface area contributed by atoms with Gasteiger partial charge in [-0.15, -0.1) is 0 Å². The Labute approximate surface area is 169 Å². The molecule has 1 saturated heterocycles. The van der Waals surface area contributed by atoms with Gasteiger partial charge in [-0.3, -0.25) is 4.79 Å². The summed E-state index contributed by atoms with van der Waals surface area (Å²) in [6.07, 6.45) is -0.642. The highest BCUT2D eigenvalue weighted by Crippen LogP contribution is 2.12. The quantitative estimate of drug-likeness (QED) is 0.720. The van der Waals surface area contributed by atoms with E-state index >= 15 is 0 Å². The van der Waals surface area contributed by atoms with Gasteiger partial charge >= 0.3 is 6.09 Å². The van der Waals surface area contributed by atoms with Gasteiger partial charge < -0.3 is 25.0 Å². The van der Waals surface area contributed by atoms with E-state index in [0.29, 0.717) is 24.9 Å². The van der Waals surface area contributed by atoms with E-state index in [0.717, 1.165) is 24.3 Å². The maximum absolute atomic E-state index is 12.0. The second kappa shape index (κ2) is 10.4. The molecular formula is C20H25N5O4. The molecule has 1 aromatic heterocycles. The summed E-state index contributed by atoms with van der Waals surface area (Å²) in [5.41, 5.74) is 2.41. The number of hydrogen-bond acceptors (Lipinski definition) is 7. The fraction of sp³-hybridized carbons (Fsp3) is 0.400.